The molecule has 3 aromatic rings. The minimum atomic E-state index is -0.484. The summed E-state index contributed by atoms with van der Waals surface area (Å²) in [5, 5.41) is 5.24. The number of aryl methyl sites for hydroxylation is 1. The molecule has 0 saturated carbocycles. The number of nitrogens with zero attached hydrogens (tertiary/aromatic N) is 2. The Labute approximate surface area is 190 Å². The summed E-state index contributed by atoms with van der Waals surface area (Å²) in [6, 6.07) is 12.5. The molecule has 168 valence electrons. The second kappa shape index (κ2) is 10.8. The number of ether oxygens (including phenoxy) is 1. The van der Waals surface area contributed by atoms with Crippen LogP contribution < -0.4 is 15.4 Å². The Kier molecular flexibility index (Phi) is 7.88. The van der Waals surface area contributed by atoms with Gasteiger partial charge in [0.2, 0.25) is 11.8 Å². The van der Waals surface area contributed by atoms with E-state index in [2.05, 4.69) is 15.6 Å². The summed E-state index contributed by atoms with van der Waals surface area (Å²) >= 11 is 1.21. The van der Waals surface area contributed by atoms with Crippen molar-refractivity contribution >= 4 is 29.3 Å². The van der Waals surface area contributed by atoms with Crippen LogP contribution in [0.3, 0.4) is 0 Å². The van der Waals surface area contributed by atoms with Gasteiger partial charge in [0.1, 0.15) is 23.4 Å². The lowest BCUT2D eigenvalue weighted by Gasteiger charge is -2.21. The minimum absolute atomic E-state index is 0.0815. The molecule has 0 aliphatic carbocycles. The molecule has 3 rings (SSSR count). The zero-order valence-electron chi connectivity index (χ0n) is 18.0. The largest absolute Gasteiger partial charge is 0.497 e. The summed E-state index contributed by atoms with van der Waals surface area (Å²) in [5.74, 6) is 0.572. The summed E-state index contributed by atoms with van der Waals surface area (Å²) in [6.45, 7) is 1.74. The number of nitrogens with one attached hydrogen (secondary N) is 2. The highest BCUT2D eigenvalue weighted by Crippen LogP contribution is 2.25. The number of benzene rings is 2. The van der Waals surface area contributed by atoms with Crippen molar-refractivity contribution in [1.29, 1.82) is 0 Å². The minimum Gasteiger partial charge on any atom is -0.497 e. The third-order valence-corrected chi connectivity index (χ3v) is 5.93. The van der Waals surface area contributed by atoms with E-state index in [1.54, 1.807) is 20.2 Å². The second-order valence-electron chi connectivity index (χ2n) is 7.12. The van der Waals surface area contributed by atoms with Gasteiger partial charge in [0.05, 0.1) is 18.1 Å². The SMILES string of the molecule is COc1cccc(C(NC(=O)C(C)SCC(=O)Nc2ccc(F)cc2)c2nccn2C)c1. The van der Waals surface area contributed by atoms with Crippen LogP contribution in [0.5, 0.6) is 5.75 Å². The second-order valence-corrected chi connectivity index (χ2v) is 8.45. The Morgan fingerprint density at radius 3 is 2.62 bits per heavy atom. The van der Waals surface area contributed by atoms with Gasteiger partial charge in [-0.2, -0.15) is 0 Å². The molecule has 7 nitrogen and oxygen atoms in total. The first-order valence-corrected chi connectivity index (χ1v) is 11.0. The summed E-state index contributed by atoms with van der Waals surface area (Å²) < 4.78 is 20.2. The van der Waals surface area contributed by atoms with Gasteiger partial charge >= 0.3 is 0 Å². The molecule has 0 fully saturated rings. The van der Waals surface area contributed by atoms with Crippen LogP contribution in [0.1, 0.15) is 24.4 Å². The van der Waals surface area contributed by atoms with Crippen molar-refractivity contribution in [3.05, 3.63) is 78.1 Å². The third-order valence-electron chi connectivity index (χ3n) is 4.79. The van der Waals surface area contributed by atoms with Crippen molar-refractivity contribution in [3.63, 3.8) is 0 Å². The van der Waals surface area contributed by atoms with Crippen LogP contribution in [0.25, 0.3) is 0 Å². The van der Waals surface area contributed by atoms with Gasteiger partial charge in [0, 0.05) is 25.1 Å². The van der Waals surface area contributed by atoms with Gasteiger partial charge in [0.25, 0.3) is 0 Å². The fourth-order valence-corrected chi connectivity index (χ4v) is 3.73. The number of anilines is 1. The molecule has 32 heavy (non-hydrogen) atoms. The van der Waals surface area contributed by atoms with Gasteiger partial charge in [0.15, 0.2) is 0 Å². The molecule has 0 spiro atoms. The fourth-order valence-electron chi connectivity index (χ4n) is 3.04. The van der Waals surface area contributed by atoms with Gasteiger partial charge < -0.3 is 19.9 Å². The molecule has 0 aliphatic rings. The number of carbonyl (C=O) groups excluding carboxylic acids is 2. The average molecular weight is 457 g/mol. The van der Waals surface area contributed by atoms with Crippen LogP contribution in [0.4, 0.5) is 10.1 Å². The van der Waals surface area contributed by atoms with Crippen LogP contribution in [-0.4, -0.2) is 39.5 Å². The van der Waals surface area contributed by atoms with Crippen molar-refractivity contribution < 1.29 is 18.7 Å². The monoisotopic (exact) mass is 456 g/mol. The Hall–Kier alpha value is -3.33. The molecule has 2 atom stereocenters. The Morgan fingerprint density at radius 2 is 1.97 bits per heavy atom. The normalized spacial score (nSPS) is 12.6. The van der Waals surface area contributed by atoms with Crippen molar-refractivity contribution in [1.82, 2.24) is 14.9 Å². The summed E-state index contributed by atoms with van der Waals surface area (Å²) in [6.07, 6.45) is 3.49. The van der Waals surface area contributed by atoms with Gasteiger partial charge in [-0.25, -0.2) is 9.37 Å². The van der Waals surface area contributed by atoms with Crippen molar-refractivity contribution in [2.75, 3.05) is 18.2 Å². The van der Waals surface area contributed by atoms with Crippen LogP contribution >= 0.6 is 11.8 Å². The molecular weight excluding hydrogens is 431 g/mol. The number of aromatic nitrogens is 2. The number of hydrogen-bond acceptors (Lipinski definition) is 5. The summed E-state index contributed by atoms with van der Waals surface area (Å²) in [4.78, 5) is 29.5. The van der Waals surface area contributed by atoms with Gasteiger partial charge in [-0.05, 0) is 48.9 Å². The molecule has 0 saturated heterocycles. The first kappa shape index (κ1) is 23.3. The average Bonchev–Trinajstić information content (AvgIpc) is 3.22. The van der Waals surface area contributed by atoms with Gasteiger partial charge in [-0.15, -0.1) is 11.8 Å². The number of rotatable bonds is 9. The van der Waals surface area contributed by atoms with Crippen LogP contribution in [0, 0.1) is 5.82 Å². The van der Waals surface area contributed by atoms with Gasteiger partial charge in [-0.3, -0.25) is 9.59 Å². The first-order valence-electron chi connectivity index (χ1n) is 9.96. The maximum Gasteiger partial charge on any atom is 0.234 e. The number of halogens is 1. The highest BCUT2D eigenvalue weighted by molar-refractivity contribution is 8.01. The van der Waals surface area contributed by atoms with Crippen molar-refractivity contribution in [3.8, 4) is 5.75 Å². The Morgan fingerprint density at radius 1 is 1.22 bits per heavy atom. The van der Waals surface area contributed by atoms with Crippen molar-refractivity contribution in [2.45, 2.75) is 18.2 Å². The molecule has 2 amide bonds. The predicted octanol–water partition coefficient (Wildman–Crippen LogP) is 3.53. The third kappa shape index (κ3) is 6.10. The van der Waals surface area contributed by atoms with E-state index in [0.29, 0.717) is 17.3 Å². The zero-order chi connectivity index (χ0) is 23.1. The molecule has 9 heteroatoms. The maximum atomic E-state index is 13.0. The Bertz CT molecular complexity index is 1070. The molecule has 0 bridgehead atoms. The lowest BCUT2D eigenvalue weighted by molar-refractivity contribution is -0.120. The number of carbonyl (C=O) groups is 2. The molecule has 2 N–H and O–H groups in total. The van der Waals surface area contributed by atoms with Crippen LogP contribution in [-0.2, 0) is 16.6 Å². The van der Waals surface area contributed by atoms with E-state index >= 15 is 0 Å². The van der Waals surface area contributed by atoms with E-state index in [9.17, 15) is 14.0 Å². The van der Waals surface area contributed by atoms with E-state index in [1.807, 2.05) is 42.1 Å². The molecule has 0 aliphatic heterocycles. The standard InChI is InChI=1S/C23H25FN4O3S/c1-15(32-14-20(29)26-18-9-7-17(24)8-10-18)23(30)27-21(22-25-11-12-28(22)2)16-5-4-6-19(13-16)31-3/h4-13,15,21H,14H2,1-3H3,(H,26,29)(H,27,30). The first-order chi connectivity index (χ1) is 15.4. The lowest BCUT2D eigenvalue weighted by Crippen LogP contribution is -2.36. The van der Waals surface area contributed by atoms with E-state index in [4.69, 9.17) is 4.74 Å². The molecular formula is C23H25FN4O3S. The Balaban J connectivity index is 1.64. The highest BCUT2D eigenvalue weighted by atomic mass is 32.2. The number of hydrogen-bond donors (Lipinski definition) is 2. The molecule has 2 unspecified atom stereocenters. The topological polar surface area (TPSA) is 85.2 Å². The van der Waals surface area contributed by atoms with E-state index in [0.717, 1.165) is 5.56 Å². The number of methoxy groups -OCH3 is 1. The van der Waals surface area contributed by atoms with E-state index in [1.165, 1.54) is 36.0 Å². The highest BCUT2D eigenvalue weighted by Gasteiger charge is 2.24. The number of amides is 2. The smallest absolute Gasteiger partial charge is 0.234 e. The van der Waals surface area contributed by atoms with E-state index < -0.39 is 11.3 Å². The number of thioether (sulfide) groups is 1. The molecule has 1 heterocycles. The molecule has 2 aromatic carbocycles. The molecule has 0 radical (unpaired) electrons. The molecule has 1 aromatic heterocycles. The van der Waals surface area contributed by atoms with Crippen LogP contribution in [0.15, 0.2) is 60.9 Å². The zero-order valence-corrected chi connectivity index (χ0v) is 18.9. The van der Waals surface area contributed by atoms with Gasteiger partial charge in [-0.1, -0.05) is 12.1 Å². The van der Waals surface area contributed by atoms with E-state index in [-0.39, 0.29) is 23.4 Å². The van der Waals surface area contributed by atoms with Crippen LogP contribution in [0.2, 0.25) is 0 Å². The maximum absolute atomic E-state index is 13.0. The summed E-state index contributed by atoms with van der Waals surface area (Å²) in [7, 11) is 3.45. The lowest BCUT2D eigenvalue weighted by atomic mass is 10.1. The summed E-state index contributed by atoms with van der Waals surface area (Å²) in [5.41, 5.74) is 1.33. The number of imidazole rings is 1. The predicted molar refractivity (Wildman–Crippen MR) is 123 cm³/mol. The van der Waals surface area contributed by atoms with Crippen molar-refractivity contribution in [2.24, 2.45) is 7.05 Å². The quantitative estimate of drug-likeness (QED) is 0.515. The fraction of sp³-hybridized carbons (Fsp3) is 0.261.